The van der Waals surface area contributed by atoms with Gasteiger partial charge in [0.15, 0.2) is 0 Å². The third kappa shape index (κ3) is 5.72. The van der Waals surface area contributed by atoms with Gasteiger partial charge in [-0.3, -0.25) is 4.79 Å². The minimum absolute atomic E-state index is 0.000857. The standard InChI is InChI=1S/C18H20ClNO5S/c1-12(2)25-15-7-3-13(4-8-15)17(11-18(21)22)20-26(23,24)16-9-5-14(19)6-10-16/h3-10,12,17,20H,11H2,1-2H3,(H,21,22)/t17-/m1/s1. The molecule has 8 heteroatoms. The molecule has 26 heavy (non-hydrogen) atoms. The van der Waals surface area contributed by atoms with Crippen molar-refractivity contribution >= 4 is 27.6 Å². The molecule has 2 rings (SSSR count). The fraction of sp³-hybridized carbons (Fsp3) is 0.278. The van der Waals surface area contributed by atoms with Crippen molar-refractivity contribution in [3.05, 3.63) is 59.1 Å². The molecule has 0 aliphatic carbocycles. The van der Waals surface area contributed by atoms with E-state index in [1.165, 1.54) is 24.3 Å². The van der Waals surface area contributed by atoms with Crippen LogP contribution in [0.5, 0.6) is 5.75 Å². The number of carbonyl (C=O) groups is 1. The topological polar surface area (TPSA) is 92.7 Å². The number of carboxylic acids is 1. The Morgan fingerprint density at radius 3 is 2.19 bits per heavy atom. The van der Waals surface area contributed by atoms with E-state index in [0.717, 1.165) is 0 Å². The molecule has 0 spiro atoms. The Morgan fingerprint density at radius 1 is 1.12 bits per heavy atom. The molecule has 140 valence electrons. The van der Waals surface area contributed by atoms with E-state index in [1.807, 2.05) is 13.8 Å². The maximum Gasteiger partial charge on any atom is 0.305 e. The number of sulfonamides is 1. The Morgan fingerprint density at radius 2 is 1.69 bits per heavy atom. The van der Waals surface area contributed by atoms with Gasteiger partial charge < -0.3 is 9.84 Å². The van der Waals surface area contributed by atoms with Gasteiger partial charge in [0.25, 0.3) is 0 Å². The van der Waals surface area contributed by atoms with Gasteiger partial charge in [-0.25, -0.2) is 13.1 Å². The van der Waals surface area contributed by atoms with Crippen LogP contribution in [0.2, 0.25) is 5.02 Å². The summed E-state index contributed by atoms with van der Waals surface area (Å²) in [6.45, 7) is 3.78. The molecule has 0 fully saturated rings. The number of rotatable bonds is 8. The maximum atomic E-state index is 12.5. The molecule has 2 aromatic carbocycles. The van der Waals surface area contributed by atoms with Crippen LogP contribution in [0.4, 0.5) is 0 Å². The number of aliphatic carboxylic acids is 1. The van der Waals surface area contributed by atoms with Crippen molar-refractivity contribution in [3.63, 3.8) is 0 Å². The first-order chi connectivity index (χ1) is 12.2. The fourth-order valence-corrected chi connectivity index (χ4v) is 3.67. The Bertz CT molecular complexity index is 848. The first-order valence-corrected chi connectivity index (χ1v) is 9.80. The van der Waals surface area contributed by atoms with Gasteiger partial charge in [-0.15, -0.1) is 0 Å². The molecule has 0 saturated carbocycles. The normalized spacial score (nSPS) is 12.8. The van der Waals surface area contributed by atoms with Crippen LogP contribution in [0.3, 0.4) is 0 Å². The summed E-state index contributed by atoms with van der Waals surface area (Å²) in [4.78, 5) is 11.2. The van der Waals surface area contributed by atoms with E-state index >= 15 is 0 Å². The smallest absolute Gasteiger partial charge is 0.305 e. The predicted octanol–water partition coefficient (Wildman–Crippen LogP) is 3.62. The molecule has 0 aliphatic heterocycles. The van der Waals surface area contributed by atoms with Crippen LogP contribution in [0.1, 0.15) is 31.9 Å². The zero-order chi connectivity index (χ0) is 19.3. The van der Waals surface area contributed by atoms with Gasteiger partial charge in [0.1, 0.15) is 5.75 Å². The van der Waals surface area contributed by atoms with Crippen LogP contribution in [-0.2, 0) is 14.8 Å². The Kier molecular flexibility index (Phi) is 6.63. The number of hydrogen-bond acceptors (Lipinski definition) is 4. The average molecular weight is 398 g/mol. The highest BCUT2D eigenvalue weighted by Gasteiger charge is 2.23. The molecule has 0 amide bonds. The molecule has 2 N–H and O–H groups in total. The number of ether oxygens (including phenoxy) is 1. The molecule has 0 radical (unpaired) electrons. The van der Waals surface area contributed by atoms with Crippen molar-refractivity contribution in [2.45, 2.75) is 37.3 Å². The summed E-state index contributed by atoms with van der Waals surface area (Å²) in [5.41, 5.74) is 0.529. The van der Waals surface area contributed by atoms with Crippen LogP contribution in [0, 0.1) is 0 Å². The Balaban J connectivity index is 2.26. The van der Waals surface area contributed by atoms with Crippen molar-refractivity contribution in [1.29, 1.82) is 0 Å². The SMILES string of the molecule is CC(C)Oc1ccc([C@@H](CC(=O)O)NS(=O)(=O)c2ccc(Cl)cc2)cc1. The van der Waals surface area contributed by atoms with Crippen molar-refractivity contribution in [2.24, 2.45) is 0 Å². The summed E-state index contributed by atoms with van der Waals surface area (Å²) in [5.74, 6) is -0.491. The lowest BCUT2D eigenvalue weighted by Gasteiger charge is -2.18. The summed E-state index contributed by atoms with van der Waals surface area (Å²) < 4.78 is 33.1. The quantitative estimate of drug-likeness (QED) is 0.709. The largest absolute Gasteiger partial charge is 0.491 e. The number of benzene rings is 2. The third-order valence-corrected chi connectivity index (χ3v) is 5.19. The van der Waals surface area contributed by atoms with Crippen LogP contribution < -0.4 is 9.46 Å². The lowest BCUT2D eigenvalue weighted by Crippen LogP contribution is -2.30. The Labute approximate surface area is 157 Å². The number of halogens is 1. The predicted molar refractivity (Wildman–Crippen MR) is 99.0 cm³/mol. The van der Waals surface area contributed by atoms with Gasteiger partial charge in [-0.05, 0) is 55.8 Å². The number of hydrogen-bond donors (Lipinski definition) is 2. The zero-order valence-corrected chi connectivity index (χ0v) is 15.9. The second-order valence-corrected chi connectivity index (χ2v) is 8.11. The number of nitrogens with one attached hydrogen (secondary N) is 1. The van der Waals surface area contributed by atoms with Gasteiger partial charge >= 0.3 is 5.97 Å². The van der Waals surface area contributed by atoms with Crippen LogP contribution >= 0.6 is 11.6 Å². The van der Waals surface area contributed by atoms with Crippen molar-refractivity contribution in [2.75, 3.05) is 0 Å². The molecular weight excluding hydrogens is 378 g/mol. The van der Waals surface area contributed by atoms with Gasteiger partial charge in [-0.1, -0.05) is 23.7 Å². The van der Waals surface area contributed by atoms with Crippen molar-refractivity contribution in [1.82, 2.24) is 4.72 Å². The van der Waals surface area contributed by atoms with E-state index in [0.29, 0.717) is 16.3 Å². The van der Waals surface area contributed by atoms with Gasteiger partial charge in [0.05, 0.1) is 23.5 Å². The summed E-state index contributed by atoms with van der Waals surface area (Å²) in [5, 5.41) is 9.55. The zero-order valence-electron chi connectivity index (χ0n) is 14.3. The van der Waals surface area contributed by atoms with E-state index in [2.05, 4.69) is 4.72 Å². The fourth-order valence-electron chi connectivity index (χ4n) is 2.32. The molecule has 0 aromatic heterocycles. The van der Waals surface area contributed by atoms with E-state index < -0.39 is 28.5 Å². The third-order valence-electron chi connectivity index (χ3n) is 3.45. The van der Waals surface area contributed by atoms with Crippen LogP contribution in [0.15, 0.2) is 53.4 Å². The lowest BCUT2D eigenvalue weighted by atomic mass is 10.0. The summed E-state index contributed by atoms with van der Waals surface area (Å²) in [6.07, 6.45) is -0.393. The van der Waals surface area contributed by atoms with Crippen LogP contribution in [-0.4, -0.2) is 25.6 Å². The molecule has 0 aliphatic rings. The van der Waals surface area contributed by atoms with Crippen molar-refractivity contribution in [3.8, 4) is 5.75 Å². The summed E-state index contributed by atoms with van der Waals surface area (Å²) in [7, 11) is -3.90. The molecule has 2 aromatic rings. The number of carboxylic acid groups (broad SMARTS) is 1. The monoisotopic (exact) mass is 397 g/mol. The average Bonchev–Trinajstić information content (AvgIpc) is 2.54. The second kappa shape index (κ2) is 8.53. The first-order valence-electron chi connectivity index (χ1n) is 7.93. The molecule has 6 nitrogen and oxygen atoms in total. The highest BCUT2D eigenvalue weighted by atomic mass is 35.5. The van der Waals surface area contributed by atoms with E-state index in [1.54, 1.807) is 24.3 Å². The van der Waals surface area contributed by atoms with Gasteiger partial charge in [0, 0.05) is 5.02 Å². The molecular formula is C18H20ClNO5S. The Hall–Kier alpha value is -2.09. The molecule has 1 atom stereocenters. The van der Waals surface area contributed by atoms with E-state index in [-0.39, 0.29) is 11.0 Å². The van der Waals surface area contributed by atoms with Crippen LogP contribution in [0.25, 0.3) is 0 Å². The first kappa shape index (κ1) is 20.2. The van der Waals surface area contributed by atoms with Gasteiger partial charge in [-0.2, -0.15) is 0 Å². The molecule has 0 heterocycles. The van der Waals surface area contributed by atoms with Crippen molar-refractivity contribution < 1.29 is 23.1 Å². The van der Waals surface area contributed by atoms with E-state index in [4.69, 9.17) is 21.4 Å². The maximum absolute atomic E-state index is 12.5. The molecule has 0 saturated heterocycles. The minimum atomic E-state index is -3.90. The minimum Gasteiger partial charge on any atom is -0.491 e. The summed E-state index contributed by atoms with van der Waals surface area (Å²) in [6, 6.07) is 11.4. The second-order valence-electron chi connectivity index (χ2n) is 5.96. The molecule has 0 bridgehead atoms. The van der Waals surface area contributed by atoms with Gasteiger partial charge in [0.2, 0.25) is 10.0 Å². The molecule has 0 unspecified atom stereocenters. The van der Waals surface area contributed by atoms with E-state index in [9.17, 15) is 13.2 Å². The lowest BCUT2D eigenvalue weighted by molar-refractivity contribution is -0.137. The highest BCUT2D eigenvalue weighted by Crippen LogP contribution is 2.24. The summed E-state index contributed by atoms with van der Waals surface area (Å²) >= 11 is 5.78. The highest BCUT2D eigenvalue weighted by molar-refractivity contribution is 7.89.